The Bertz CT molecular complexity index is 980. The molecule has 0 heterocycles. The van der Waals surface area contributed by atoms with E-state index in [2.05, 4.69) is 10.6 Å². The molecule has 1 aliphatic rings. The van der Waals surface area contributed by atoms with Crippen molar-refractivity contribution in [3.63, 3.8) is 0 Å². The van der Waals surface area contributed by atoms with Gasteiger partial charge in [-0.25, -0.2) is 4.79 Å². The molecule has 0 unspecified atom stereocenters. The first-order valence-corrected chi connectivity index (χ1v) is 10.2. The van der Waals surface area contributed by atoms with Crippen LogP contribution in [-0.2, 0) is 9.59 Å². The Hall–Kier alpha value is -3.39. The van der Waals surface area contributed by atoms with Gasteiger partial charge in [0.15, 0.2) is 0 Å². The highest BCUT2D eigenvalue weighted by molar-refractivity contribution is 5.96. The lowest BCUT2D eigenvalue weighted by molar-refractivity contribution is -0.119. The van der Waals surface area contributed by atoms with Crippen molar-refractivity contribution in [3.8, 4) is 5.75 Å². The molecule has 3 rings (SSSR count). The Morgan fingerprint density at radius 1 is 1.03 bits per heavy atom. The monoisotopic (exact) mass is 425 g/mol. The Labute approximate surface area is 180 Å². The van der Waals surface area contributed by atoms with Crippen LogP contribution in [-0.4, -0.2) is 52.0 Å². The van der Waals surface area contributed by atoms with E-state index < -0.39 is 5.97 Å². The van der Waals surface area contributed by atoms with Crippen LogP contribution in [0.2, 0.25) is 0 Å². The molecule has 31 heavy (non-hydrogen) atoms. The topological polar surface area (TPSA) is 119 Å². The van der Waals surface area contributed by atoms with Gasteiger partial charge in [-0.05, 0) is 56.0 Å². The van der Waals surface area contributed by atoms with E-state index in [4.69, 9.17) is 5.11 Å². The Morgan fingerprint density at radius 3 is 2.32 bits per heavy atom. The number of anilines is 2. The van der Waals surface area contributed by atoms with Crippen LogP contribution in [0.1, 0.15) is 40.7 Å². The molecule has 1 fully saturated rings. The van der Waals surface area contributed by atoms with E-state index in [1.165, 1.54) is 18.2 Å². The van der Waals surface area contributed by atoms with Crippen molar-refractivity contribution < 1.29 is 24.6 Å². The first-order chi connectivity index (χ1) is 14.7. The fraction of sp³-hybridized carbons (Fsp3) is 0.348. The Balaban J connectivity index is 1.55. The second kappa shape index (κ2) is 9.61. The molecule has 0 spiro atoms. The van der Waals surface area contributed by atoms with E-state index in [0.29, 0.717) is 18.3 Å². The van der Waals surface area contributed by atoms with Gasteiger partial charge in [-0.3, -0.25) is 14.5 Å². The third kappa shape index (κ3) is 6.05. The van der Waals surface area contributed by atoms with Gasteiger partial charge in [0, 0.05) is 30.4 Å². The minimum Gasteiger partial charge on any atom is -0.507 e. The number of hydrogen-bond donors (Lipinski definition) is 4. The average Bonchev–Trinajstić information content (AvgIpc) is 3.54. The third-order valence-electron chi connectivity index (χ3n) is 5.29. The molecule has 0 atom stereocenters. The van der Waals surface area contributed by atoms with Gasteiger partial charge in [-0.15, -0.1) is 0 Å². The maximum absolute atomic E-state index is 12.6. The van der Waals surface area contributed by atoms with E-state index in [9.17, 15) is 19.5 Å². The zero-order valence-corrected chi connectivity index (χ0v) is 17.6. The van der Waals surface area contributed by atoms with E-state index in [0.717, 1.165) is 29.7 Å². The number of aromatic hydroxyl groups is 1. The number of hydrogen-bond acceptors (Lipinski definition) is 5. The molecule has 0 radical (unpaired) electrons. The number of aryl methyl sites for hydroxylation is 2. The summed E-state index contributed by atoms with van der Waals surface area (Å²) >= 11 is 0. The van der Waals surface area contributed by atoms with Crippen LogP contribution in [0.4, 0.5) is 11.4 Å². The van der Waals surface area contributed by atoms with Crippen molar-refractivity contribution in [2.24, 2.45) is 0 Å². The lowest BCUT2D eigenvalue weighted by atomic mass is 10.1. The number of nitrogens with one attached hydrogen (secondary N) is 2. The van der Waals surface area contributed by atoms with Gasteiger partial charge in [0.2, 0.25) is 11.8 Å². The first-order valence-electron chi connectivity index (χ1n) is 10.2. The highest BCUT2D eigenvalue weighted by atomic mass is 16.4. The SMILES string of the molecule is Cc1cccc(C)c1NC(=O)CN(CCC(=O)Nc1ccc(O)c(C(=O)O)c1)C1CC1. The lowest BCUT2D eigenvalue weighted by Crippen LogP contribution is -2.37. The predicted octanol–water partition coefficient (Wildman–Crippen LogP) is 3.14. The van der Waals surface area contributed by atoms with E-state index in [-0.39, 0.29) is 36.1 Å². The number of phenols is 1. The zero-order chi connectivity index (χ0) is 22.5. The van der Waals surface area contributed by atoms with Gasteiger partial charge in [0.1, 0.15) is 11.3 Å². The van der Waals surface area contributed by atoms with Gasteiger partial charge < -0.3 is 20.8 Å². The second-order valence-electron chi connectivity index (χ2n) is 7.85. The maximum Gasteiger partial charge on any atom is 0.339 e. The summed E-state index contributed by atoms with van der Waals surface area (Å²) in [4.78, 5) is 38.1. The molecule has 0 aromatic heterocycles. The average molecular weight is 425 g/mol. The largest absolute Gasteiger partial charge is 0.507 e. The molecule has 8 nitrogen and oxygen atoms in total. The number of nitrogens with zero attached hydrogens (tertiary/aromatic N) is 1. The molecule has 2 amide bonds. The normalized spacial score (nSPS) is 13.1. The minimum atomic E-state index is -1.27. The van der Waals surface area contributed by atoms with Crippen LogP contribution >= 0.6 is 0 Å². The number of carbonyl (C=O) groups excluding carboxylic acids is 2. The summed E-state index contributed by atoms with van der Waals surface area (Å²) < 4.78 is 0. The van der Waals surface area contributed by atoms with Crippen LogP contribution in [0, 0.1) is 13.8 Å². The van der Waals surface area contributed by atoms with Crippen LogP contribution < -0.4 is 10.6 Å². The van der Waals surface area contributed by atoms with E-state index >= 15 is 0 Å². The van der Waals surface area contributed by atoms with Gasteiger partial charge in [-0.2, -0.15) is 0 Å². The molecule has 0 saturated heterocycles. The first kappa shape index (κ1) is 22.3. The molecule has 0 bridgehead atoms. The third-order valence-corrected chi connectivity index (χ3v) is 5.29. The highest BCUT2D eigenvalue weighted by Crippen LogP contribution is 2.27. The lowest BCUT2D eigenvalue weighted by Gasteiger charge is -2.22. The van der Waals surface area contributed by atoms with Gasteiger partial charge >= 0.3 is 5.97 Å². The molecule has 164 valence electrons. The van der Waals surface area contributed by atoms with Crippen molar-refractivity contribution >= 4 is 29.2 Å². The number of carbonyl (C=O) groups is 3. The molecule has 1 saturated carbocycles. The predicted molar refractivity (Wildman–Crippen MR) is 117 cm³/mol. The number of para-hydroxylation sites is 1. The summed E-state index contributed by atoms with van der Waals surface area (Å²) in [6.07, 6.45) is 2.16. The van der Waals surface area contributed by atoms with Crippen LogP contribution in [0.3, 0.4) is 0 Å². The summed E-state index contributed by atoms with van der Waals surface area (Å²) in [5, 5.41) is 24.3. The molecule has 2 aromatic rings. The van der Waals surface area contributed by atoms with Crippen molar-refractivity contribution in [3.05, 3.63) is 53.1 Å². The Kier molecular flexibility index (Phi) is 6.91. The zero-order valence-electron chi connectivity index (χ0n) is 17.6. The van der Waals surface area contributed by atoms with Crippen LogP contribution in [0.15, 0.2) is 36.4 Å². The summed E-state index contributed by atoms with van der Waals surface area (Å²) in [5.74, 6) is -2.04. The Morgan fingerprint density at radius 2 is 1.71 bits per heavy atom. The van der Waals surface area contributed by atoms with E-state index in [1.807, 2.05) is 36.9 Å². The number of aromatic carboxylic acids is 1. The van der Waals surface area contributed by atoms with Crippen molar-refractivity contribution in [2.45, 2.75) is 39.2 Å². The number of benzene rings is 2. The number of carboxylic acids is 1. The molecule has 0 aliphatic heterocycles. The smallest absolute Gasteiger partial charge is 0.339 e. The molecular formula is C23H27N3O5. The highest BCUT2D eigenvalue weighted by Gasteiger charge is 2.30. The number of carboxylic acid groups (broad SMARTS) is 1. The summed E-state index contributed by atoms with van der Waals surface area (Å²) in [5.41, 5.74) is 2.84. The molecule has 1 aliphatic carbocycles. The van der Waals surface area contributed by atoms with Crippen molar-refractivity contribution in [1.29, 1.82) is 0 Å². The van der Waals surface area contributed by atoms with Crippen molar-refractivity contribution in [2.75, 3.05) is 23.7 Å². The van der Waals surface area contributed by atoms with Crippen LogP contribution in [0.5, 0.6) is 5.75 Å². The standard InChI is InChI=1S/C23H27N3O5/c1-14-4-3-5-15(2)22(14)25-21(29)13-26(17-7-8-17)11-10-20(28)24-16-6-9-19(27)18(12-16)23(30)31/h3-6,9,12,17,27H,7-8,10-11,13H2,1-2H3,(H,24,28)(H,25,29)(H,30,31). The van der Waals surface area contributed by atoms with Gasteiger partial charge in [-0.1, -0.05) is 18.2 Å². The van der Waals surface area contributed by atoms with Crippen molar-refractivity contribution in [1.82, 2.24) is 4.90 Å². The number of amides is 2. The minimum absolute atomic E-state index is 0.116. The summed E-state index contributed by atoms with van der Waals surface area (Å²) in [6.45, 7) is 4.52. The van der Waals surface area contributed by atoms with E-state index in [1.54, 1.807) is 0 Å². The summed E-state index contributed by atoms with van der Waals surface area (Å²) in [7, 11) is 0. The van der Waals surface area contributed by atoms with Gasteiger partial charge in [0.25, 0.3) is 0 Å². The molecular weight excluding hydrogens is 398 g/mol. The molecule has 8 heteroatoms. The molecule has 4 N–H and O–H groups in total. The quantitative estimate of drug-likeness (QED) is 0.458. The fourth-order valence-electron chi connectivity index (χ4n) is 3.46. The molecule has 2 aromatic carbocycles. The number of rotatable bonds is 9. The van der Waals surface area contributed by atoms with Crippen LogP contribution in [0.25, 0.3) is 0 Å². The summed E-state index contributed by atoms with van der Waals surface area (Å²) in [6, 6.07) is 10.0. The maximum atomic E-state index is 12.6. The van der Waals surface area contributed by atoms with Gasteiger partial charge in [0.05, 0.1) is 6.54 Å². The fourth-order valence-corrected chi connectivity index (χ4v) is 3.46. The second-order valence-corrected chi connectivity index (χ2v) is 7.85.